The third kappa shape index (κ3) is 3.36. The Morgan fingerprint density at radius 2 is 2.22 bits per heavy atom. The third-order valence-electron chi connectivity index (χ3n) is 2.70. The fraction of sp³-hybridized carbons (Fsp3) is 0.800. The van der Waals surface area contributed by atoms with Crippen molar-refractivity contribution in [1.82, 2.24) is 0 Å². The van der Waals surface area contributed by atoms with E-state index in [0.29, 0.717) is 0 Å². The Labute approximate surface area is 108 Å². The molecule has 0 amide bonds. The van der Waals surface area contributed by atoms with E-state index in [4.69, 9.17) is 28.5 Å². The lowest BCUT2D eigenvalue weighted by molar-refractivity contribution is 0.00683. The van der Waals surface area contributed by atoms with Gasteiger partial charge in [0.25, 0.3) is 0 Å². The van der Waals surface area contributed by atoms with Gasteiger partial charge in [0.15, 0.2) is 0 Å². The first kappa shape index (κ1) is 15.7. The van der Waals surface area contributed by atoms with Gasteiger partial charge in [-0.3, -0.25) is 4.57 Å². The maximum absolute atomic E-state index is 12.0. The monoisotopic (exact) mass is 274 g/mol. The molecule has 1 aliphatic heterocycles. The quantitative estimate of drug-likeness (QED) is 0.409. The zero-order valence-corrected chi connectivity index (χ0v) is 11.2. The molecule has 1 N–H and O–H groups in total. The molecular weight excluding hydrogens is 258 g/mol. The molecule has 1 aliphatic rings. The van der Waals surface area contributed by atoms with Gasteiger partial charge < -0.3 is 23.6 Å². The molecule has 1 rings (SSSR count). The van der Waals surface area contributed by atoms with Crippen LogP contribution in [0.4, 0.5) is 0 Å². The highest BCUT2D eigenvalue weighted by atomic mass is 31.2. The van der Waals surface area contributed by atoms with Gasteiger partial charge in [0.1, 0.15) is 20.1 Å². The molecule has 1 fully saturated rings. The van der Waals surface area contributed by atoms with Gasteiger partial charge in [0.05, 0.1) is 18.8 Å². The predicted octanol–water partition coefficient (Wildman–Crippen LogP) is -0.255. The number of terminal acetylenes is 1. The fourth-order valence-corrected chi connectivity index (χ4v) is 3.37. The Kier molecular flexibility index (Phi) is 5.86. The van der Waals surface area contributed by atoms with Crippen LogP contribution in [0, 0.1) is 12.3 Å². The summed E-state index contributed by atoms with van der Waals surface area (Å²) in [5.41, 5.74) is -0.925. The normalized spacial score (nSPS) is 35.0. The zero-order chi connectivity index (χ0) is 13.8. The van der Waals surface area contributed by atoms with Gasteiger partial charge >= 0.3 is 7.60 Å². The molecule has 0 aliphatic carbocycles. The standard InChI is InChI=1S/C10H16BO6P/c1-4-5-16-8-9(18(12,13)15-3)7(6-14-2)17-10(8)11/h1,7-10H,5-6H2,2-3H3,(H,12,13). The van der Waals surface area contributed by atoms with E-state index in [9.17, 15) is 9.46 Å². The topological polar surface area (TPSA) is 74.2 Å². The van der Waals surface area contributed by atoms with Crippen molar-refractivity contribution < 1.29 is 28.2 Å². The lowest BCUT2D eigenvalue weighted by atomic mass is 9.94. The number of hydrogen-bond acceptors (Lipinski definition) is 5. The average molecular weight is 274 g/mol. The summed E-state index contributed by atoms with van der Waals surface area (Å²) in [6.07, 6.45) is 3.60. The highest BCUT2D eigenvalue weighted by Crippen LogP contribution is 2.53. The van der Waals surface area contributed by atoms with Crippen molar-refractivity contribution in [3.05, 3.63) is 0 Å². The summed E-state index contributed by atoms with van der Waals surface area (Å²) < 4.78 is 32.2. The molecule has 5 unspecified atom stereocenters. The Hall–Kier alpha value is -0.345. The molecule has 6 nitrogen and oxygen atoms in total. The minimum absolute atomic E-state index is 0.0261. The van der Waals surface area contributed by atoms with Gasteiger partial charge in [0, 0.05) is 20.2 Å². The molecule has 1 saturated heterocycles. The number of methoxy groups -OCH3 is 1. The van der Waals surface area contributed by atoms with E-state index in [1.165, 1.54) is 7.11 Å². The highest BCUT2D eigenvalue weighted by Gasteiger charge is 2.52. The van der Waals surface area contributed by atoms with Crippen LogP contribution in [0.2, 0.25) is 0 Å². The summed E-state index contributed by atoms with van der Waals surface area (Å²) in [6.45, 7) is 0.0871. The van der Waals surface area contributed by atoms with Crippen LogP contribution in [-0.2, 0) is 23.3 Å². The van der Waals surface area contributed by atoms with Crippen LogP contribution in [0.5, 0.6) is 0 Å². The molecule has 0 aromatic carbocycles. The van der Waals surface area contributed by atoms with Crippen LogP contribution in [0.25, 0.3) is 0 Å². The molecule has 0 bridgehead atoms. The minimum atomic E-state index is -3.92. The second-order valence-corrected chi connectivity index (χ2v) is 5.90. The van der Waals surface area contributed by atoms with E-state index in [1.54, 1.807) is 0 Å². The summed E-state index contributed by atoms with van der Waals surface area (Å²) in [4.78, 5) is 9.82. The van der Waals surface area contributed by atoms with Gasteiger partial charge in [0.2, 0.25) is 0 Å². The van der Waals surface area contributed by atoms with Gasteiger partial charge in [-0.25, -0.2) is 0 Å². The number of rotatable bonds is 6. The molecule has 0 aromatic heterocycles. The second-order valence-electron chi connectivity index (χ2n) is 3.81. The molecule has 1 heterocycles. The van der Waals surface area contributed by atoms with Gasteiger partial charge in [-0.05, 0) is 0 Å². The van der Waals surface area contributed by atoms with Crippen molar-refractivity contribution in [1.29, 1.82) is 0 Å². The van der Waals surface area contributed by atoms with Crippen molar-refractivity contribution in [3.63, 3.8) is 0 Å². The summed E-state index contributed by atoms with van der Waals surface area (Å²) in [7, 11) is 4.40. The summed E-state index contributed by atoms with van der Waals surface area (Å²) in [5, 5.41) is 0. The van der Waals surface area contributed by atoms with E-state index in [0.717, 1.165) is 7.11 Å². The van der Waals surface area contributed by atoms with Crippen LogP contribution < -0.4 is 0 Å². The third-order valence-corrected chi connectivity index (χ3v) is 4.60. The first-order chi connectivity index (χ1) is 8.47. The van der Waals surface area contributed by atoms with Crippen LogP contribution in [0.3, 0.4) is 0 Å². The summed E-state index contributed by atoms with van der Waals surface area (Å²) >= 11 is 0. The Bertz CT molecular complexity index is 357. The van der Waals surface area contributed by atoms with Gasteiger partial charge in [-0.1, -0.05) is 5.92 Å². The van der Waals surface area contributed by atoms with E-state index >= 15 is 0 Å². The molecule has 0 spiro atoms. The molecule has 5 atom stereocenters. The Morgan fingerprint density at radius 3 is 2.72 bits per heavy atom. The molecule has 0 aromatic rings. The first-order valence-corrected chi connectivity index (χ1v) is 6.95. The average Bonchev–Trinajstić information content (AvgIpc) is 2.64. The van der Waals surface area contributed by atoms with Crippen LogP contribution in [0.1, 0.15) is 0 Å². The van der Waals surface area contributed by atoms with Crippen molar-refractivity contribution in [2.75, 3.05) is 27.4 Å². The highest BCUT2D eigenvalue weighted by molar-refractivity contribution is 7.53. The fourth-order valence-electron chi connectivity index (χ4n) is 1.92. The zero-order valence-electron chi connectivity index (χ0n) is 10.3. The Morgan fingerprint density at radius 1 is 1.56 bits per heavy atom. The maximum Gasteiger partial charge on any atom is 0.336 e. The van der Waals surface area contributed by atoms with Crippen molar-refractivity contribution in [3.8, 4) is 12.3 Å². The van der Waals surface area contributed by atoms with E-state index in [-0.39, 0.29) is 13.2 Å². The molecular formula is C10H16BO6P. The van der Waals surface area contributed by atoms with Crippen molar-refractivity contribution in [2.45, 2.75) is 23.9 Å². The van der Waals surface area contributed by atoms with E-state index in [2.05, 4.69) is 10.4 Å². The predicted molar refractivity (Wildman–Crippen MR) is 65.5 cm³/mol. The van der Waals surface area contributed by atoms with Crippen LogP contribution >= 0.6 is 7.60 Å². The molecule has 0 saturated carbocycles. The van der Waals surface area contributed by atoms with Crippen molar-refractivity contribution in [2.24, 2.45) is 0 Å². The molecule has 100 valence electrons. The van der Waals surface area contributed by atoms with Crippen molar-refractivity contribution >= 4 is 15.4 Å². The summed E-state index contributed by atoms with van der Waals surface area (Å²) in [5.74, 6) is 2.28. The largest absolute Gasteiger partial charge is 0.382 e. The smallest absolute Gasteiger partial charge is 0.336 e. The number of ether oxygens (including phenoxy) is 3. The molecule has 18 heavy (non-hydrogen) atoms. The SMILES string of the molecule is [B]C1OC(COC)C(P(=O)(O)OC)C1OCC#C. The number of hydrogen-bond donors (Lipinski definition) is 1. The van der Waals surface area contributed by atoms with Gasteiger partial charge in [-0.15, -0.1) is 6.42 Å². The minimum Gasteiger partial charge on any atom is -0.382 e. The Balaban J connectivity index is 2.92. The molecule has 2 radical (unpaired) electrons. The lowest BCUT2D eigenvalue weighted by Gasteiger charge is -2.25. The lowest BCUT2D eigenvalue weighted by Crippen LogP contribution is -2.37. The van der Waals surface area contributed by atoms with E-state index in [1.807, 2.05) is 0 Å². The molecule has 8 heteroatoms. The first-order valence-electron chi connectivity index (χ1n) is 5.31. The van der Waals surface area contributed by atoms with Crippen LogP contribution in [-0.4, -0.2) is 64.0 Å². The van der Waals surface area contributed by atoms with Gasteiger partial charge in [-0.2, -0.15) is 0 Å². The second kappa shape index (κ2) is 6.71. The van der Waals surface area contributed by atoms with Crippen LogP contribution in [0.15, 0.2) is 0 Å². The van der Waals surface area contributed by atoms with E-state index < -0.39 is 31.5 Å². The maximum atomic E-state index is 12.0. The summed E-state index contributed by atoms with van der Waals surface area (Å²) in [6, 6.07) is -0.848.